The van der Waals surface area contributed by atoms with Crippen LogP contribution in [0.15, 0.2) is 23.1 Å². The number of piperidine rings is 1. The second-order valence-electron chi connectivity index (χ2n) is 7.99. The maximum Gasteiger partial charge on any atom is 0.243 e. The van der Waals surface area contributed by atoms with Crippen LogP contribution in [0, 0.1) is 0 Å². The number of aliphatic hydroxyl groups excluding tert-OH is 1. The van der Waals surface area contributed by atoms with E-state index in [4.69, 9.17) is 0 Å². The van der Waals surface area contributed by atoms with Crippen molar-refractivity contribution in [3.8, 4) is 0 Å². The van der Waals surface area contributed by atoms with Gasteiger partial charge < -0.3 is 5.11 Å². The maximum absolute atomic E-state index is 13.1. The molecule has 0 unspecified atom stereocenters. The van der Waals surface area contributed by atoms with Crippen LogP contribution in [0.1, 0.15) is 49.7 Å². The van der Waals surface area contributed by atoms with Gasteiger partial charge in [0.05, 0.1) is 11.5 Å². The van der Waals surface area contributed by atoms with E-state index in [-0.39, 0.29) is 12.6 Å². The summed E-state index contributed by atoms with van der Waals surface area (Å²) in [7, 11) is -3.40. The van der Waals surface area contributed by atoms with Crippen molar-refractivity contribution in [3.05, 3.63) is 29.3 Å². The Balaban J connectivity index is 1.45. The topological polar surface area (TPSA) is 60.9 Å². The first-order valence-electron chi connectivity index (χ1n) is 10.1. The lowest BCUT2D eigenvalue weighted by Gasteiger charge is -2.38. The van der Waals surface area contributed by atoms with Crippen molar-refractivity contribution >= 4 is 10.0 Å². The van der Waals surface area contributed by atoms with E-state index in [2.05, 4.69) is 4.90 Å². The lowest BCUT2D eigenvalue weighted by atomic mass is 9.92. The minimum Gasteiger partial charge on any atom is -0.395 e. The van der Waals surface area contributed by atoms with Gasteiger partial charge in [0.2, 0.25) is 10.0 Å². The van der Waals surface area contributed by atoms with E-state index >= 15 is 0 Å². The molecule has 1 aromatic rings. The largest absolute Gasteiger partial charge is 0.395 e. The van der Waals surface area contributed by atoms with E-state index in [1.165, 1.54) is 17.5 Å². The van der Waals surface area contributed by atoms with Crippen molar-refractivity contribution in [1.82, 2.24) is 9.21 Å². The summed E-state index contributed by atoms with van der Waals surface area (Å²) in [6.07, 6.45) is 8.35. The van der Waals surface area contributed by atoms with Gasteiger partial charge in [0.25, 0.3) is 0 Å². The van der Waals surface area contributed by atoms with Gasteiger partial charge in [0.15, 0.2) is 0 Å². The normalized spacial score (nSPS) is 26.1. The Bertz CT molecular complexity index is 741. The smallest absolute Gasteiger partial charge is 0.243 e. The Morgan fingerprint density at radius 3 is 2.42 bits per heavy atom. The van der Waals surface area contributed by atoms with Crippen LogP contribution in [0.5, 0.6) is 0 Å². The van der Waals surface area contributed by atoms with Crippen LogP contribution in [0.25, 0.3) is 0 Å². The van der Waals surface area contributed by atoms with Crippen molar-refractivity contribution in [2.24, 2.45) is 0 Å². The summed E-state index contributed by atoms with van der Waals surface area (Å²) in [6, 6.07) is 6.41. The van der Waals surface area contributed by atoms with Gasteiger partial charge in [-0.15, -0.1) is 0 Å². The molecular weight excluding hydrogens is 348 g/mol. The molecule has 2 fully saturated rings. The van der Waals surface area contributed by atoms with E-state index in [1.54, 1.807) is 10.4 Å². The van der Waals surface area contributed by atoms with Gasteiger partial charge >= 0.3 is 0 Å². The lowest BCUT2D eigenvalue weighted by molar-refractivity contribution is 0.0899. The third kappa shape index (κ3) is 3.44. The molecule has 144 valence electrons. The Kier molecular flexibility index (Phi) is 5.37. The molecule has 0 bridgehead atoms. The van der Waals surface area contributed by atoms with Gasteiger partial charge in [-0.2, -0.15) is 4.31 Å². The highest BCUT2D eigenvalue weighted by Gasteiger charge is 2.35. The van der Waals surface area contributed by atoms with Crippen LogP contribution in [0.2, 0.25) is 0 Å². The van der Waals surface area contributed by atoms with Crippen molar-refractivity contribution in [2.45, 2.75) is 68.3 Å². The Labute approximate surface area is 157 Å². The molecule has 0 amide bonds. The number of fused-ring (bicyclic) bond motifs is 1. The molecule has 2 saturated heterocycles. The van der Waals surface area contributed by atoms with Crippen LogP contribution in [0.3, 0.4) is 0 Å². The Morgan fingerprint density at radius 1 is 0.962 bits per heavy atom. The highest BCUT2D eigenvalue weighted by atomic mass is 32.2. The van der Waals surface area contributed by atoms with Crippen molar-refractivity contribution < 1.29 is 13.5 Å². The predicted octanol–water partition coefficient (Wildman–Crippen LogP) is 2.18. The molecule has 1 aliphatic carbocycles. The predicted molar refractivity (Wildman–Crippen MR) is 102 cm³/mol. The maximum atomic E-state index is 13.1. The SMILES string of the molecule is O=S(=O)(c1ccc2c(c1)CCCC2)N1CCC(N2CCC[C@@H]2CO)CC1. The lowest BCUT2D eigenvalue weighted by Crippen LogP contribution is -2.48. The molecule has 6 heteroatoms. The highest BCUT2D eigenvalue weighted by molar-refractivity contribution is 7.89. The van der Waals surface area contributed by atoms with Crippen LogP contribution in [0.4, 0.5) is 0 Å². The number of hydrogen-bond acceptors (Lipinski definition) is 4. The van der Waals surface area contributed by atoms with Crippen LogP contribution in [-0.4, -0.2) is 61.1 Å². The highest BCUT2D eigenvalue weighted by Crippen LogP contribution is 2.30. The molecule has 4 rings (SSSR count). The van der Waals surface area contributed by atoms with Crippen LogP contribution >= 0.6 is 0 Å². The monoisotopic (exact) mass is 378 g/mol. The second-order valence-corrected chi connectivity index (χ2v) is 9.93. The summed E-state index contributed by atoms with van der Waals surface area (Å²) in [5, 5.41) is 9.55. The van der Waals surface area contributed by atoms with Gasteiger partial charge in [0.1, 0.15) is 0 Å². The zero-order valence-electron chi connectivity index (χ0n) is 15.4. The number of rotatable bonds is 4. The van der Waals surface area contributed by atoms with E-state index in [1.807, 2.05) is 12.1 Å². The zero-order valence-corrected chi connectivity index (χ0v) is 16.3. The number of nitrogens with zero attached hydrogens (tertiary/aromatic N) is 2. The fraction of sp³-hybridized carbons (Fsp3) is 0.700. The van der Waals surface area contributed by atoms with Crippen molar-refractivity contribution in [3.63, 3.8) is 0 Å². The van der Waals surface area contributed by atoms with E-state index < -0.39 is 10.0 Å². The Morgan fingerprint density at radius 2 is 1.69 bits per heavy atom. The van der Waals surface area contributed by atoms with Gasteiger partial charge in [-0.3, -0.25) is 4.90 Å². The second kappa shape index (κ2) is 7.58. The molecule has 1 N–H and O–H groups in total. The first-order chi connectivity index (χ1) is 12.6. The molecule has 1 atom stereocenters. The van der Waals surface area contributed by atoms with Gasteiger partial charge in [-0.1, -0.05) is 6.07 Å². The quantitative estimate of drug-likeness (QED) is 0.872. The van der Waals surface area contributed by atoms with Gasteiger partial charge in [-0.05, 0) is 81.2 Å². The summed E-state index contributed by atoms with van der Waals surface area (Å²) in [5.74, 6) is 0. The molecule has 2 heterocycles. The van der Waals surface area contributed by atoms with Gasteiger partial charge in [0, 0.05) is 25.2 Å². The van der Waals surface area contributed by atoms with Crippen LogP contribution < -0.4 is 0 Å². The average molecular weight is 379 g/mol. The fourth-order valence-corrected chi connectivity index (χ4v) is 6.49. The van der Waals surface area contributed by atoms with Gasteiger partial charge in [-0.25, -0.2) is 8.42 Å². The standard InChI is InChI=1S/C20H30N2O3S/c23-15-19-6-3-11-22(19)18-9-12-21(13-10-18)26(24,25)20-8-7-16-4-1-2-5-17(16)14-20/h7-8,14,18-19,23H,1-6,9-13,15H2/t19-/m1/s1. The molecule has 0 saturated carbocycles. The summed E-state index contributed by atoms with van der Waals surface area (Å²) in [4.78, 5) is 2.87. The van der Waals surface area contributed by atoms with Crippen LogP contribution in [-0.2, 0) is 22.9 Å². The molecule has 26 heavy (non-hydrogen) atoms. The molecule has 0 radical (unpaired) electrons. The summed E-state index contributed by atoms with van der Waals surface area (Å²) in [6.45, 7) is 2.42. The van der Waals surface area contributed by atoms with E-state index in [0.29, 0.717) is 24.0 Å². The number of aryl methyl sites for hydroxylation is 2. The number of likely N-dealkylation sites (tertiary alicyclic amines) is 1. The van der Waals surface area contributed by atoms with Crippen molar-refractivity contribution in [2.75, 3.05) is 26.2 Å². The molecule has 0 spiro atoms. The number of hydrogen-bond donors (Lipinski definition) is 1. The summed E-state index contributed by atoms with van der Waals surface area (Å²) in [5.41, 5.74) is 2.54. The number of aliphatic hydroxyl groups is 1. The third-order valence-corrected chi connectivity index (χ3v) is 8.38. The molecule has 5 nitrogen and oxygen atoms in total. The third-order valence-electron chi connectivity index (χ3n) is 6.48. The fourth-order valence-electron chi connectivity index (χ4n) is 4.97. The molecule has 1 aromatic carbocycles. The minimum absolute atomic E-state index is 0.216. The Hall–Kier alpha value is -0.950. The van der Waals surface area contributed by atoms with Crippen molar-refractivity contribution in [1.29, 1.82) is 0 Å². The molecule has 2 aliphatic heterocycles. The minimum atomic E-state index is -3.40. The first kappa shape index (κ1) is 18.4. The summed E-state index contributed by atoms with van der Waals surface area (Å²) < 4.78 is 27.9. The van der Waals surface area contributed by atoms with E-state index in [9.17, 15) is 13.5 Å². The van der Waals surface area contributed by atoms with E-state index in [0.717, 1.165) is 51.5 Å². The molecular formula is C20H30N2O3S. The number of sulfonamides is 1. The first-order valence-corrected chi connectivity index (χ1v) is 11.5. The number of benzene rings is 1. The molecule has 0 aromatic heterocycles. The zero-order chi connectivity index (χ0) is 18.1. The summed E-state index contributed by atoms with van der Waals surface area (Å²) >= 11 is 0. The molecule has 3 aliphatic rings. The average Bonchev–Trinajstić information content (AvgIpc) is 3.16.